The highest BCUT2D eigenvalue weighted by Crippen LogP contribution is 2.28. The number of rotatable bonds is 8. The summed E-state index contributed by atoms with van der Waals surface area (Å²) < 4.78 is 5.45. The molecule has 0 saturated heterocycles. The quantitative estimate of drug-likeness (QED) is 0.695. The molecule has 0 radical (unpaired) electrons. The van der Waals surface area contributed by atoms with Crippen molar-refractivity contribution in [2.75, 3.05) is 18.1 Å². The number of carbonyl (C=O) groups excluding carboxylic acids is 1. The molecule has 1 fully saturated rings. The van der Waals surface area contributed by atoms with Gasteiger partial charge in [0.25, 0.3) is 0 Å². The molecule has 0 heterocycles. The Morgan fingerprint density at radius 2 is 1.96 bits per heavy atom. The van der Waals surface area contributed by atoms with Crippen molar-refractivity contribution in [3.8, 4) is 11.8 Å². The second-order valence-corrected chi connectivity index (χ2v) is 6.42. The Balaban J connectivity index is 1.97. The first-order valence-electron chi connectivity index (χ1n) is 9.14. The zero-order chi connectivity index (χ0) is 17.2. The van der Waals surface area contributed by atoms with Gasteiger partial charge in [0.2, 0.25) is 5.91 Å². The molecule has 0 unspecified atom stereocenters. The highest BCUT2D eigenvalue weighted by molar-refractivity contribution is 5.93. The molecule has 130 valence electrons. The first-order valence-corrected chi connectivity index (χ1v) is 9.14. The maximum atomic E-state index is 12.7. The lowest BCUT2D eigenvalue weighted by Gasteiger charge is -2.25. The number of amides is 1. The average molecular weight is 328 g/mol. The van der Waals surface area contributed by atoms with Gasteiger partial charge < -0.3 is 9.64 Å². The molecule has 1 aliphatic rings. The van der Waals surface area contributed by atoms with Crippen molar-refractivity contribution in [1.29, 1.82) is 5.26 Å². The number of hydrogen-bond acceptors (Lipinski definition) is 3. The van der Waals surface area contributed by atoms with E-state index in [0.29, 0.717) is 31.9 Å². The van der Waals surface area contributed by atoms with E-state index in [1.54, 1.807) is 4.90 Å². The molecule has 1 aliphatic carbocycles. The zero-order valence-electron chi connectivity index (χ0n) is 14.7. The van der Waals surface area contributed by atoms with E-state index in [1.807, 2.05) is 31.2 Å². The maximum Gasteiger partial charge on any atom is 0.227 e. The molecule has 0 spiro atoms. The molecular weight excluding hydrogens is 300 g/mol. The molecule has 1 saturated carbocycles. The Hall–Kier alpha value is -2.02. The molecule has 1 amide bonds. The fraction of sp³-hybridized carbons (Fsp3) is 0.600. The van der Waals surface area contributed by atoms with Crippen LogP contribution in [0.4, 0.5) is 5.69 Å². The minimum Gasteiger partial charge on any atom is -0.494 e. The van der Waals surface area contributed by atoms with Crippen molar-refractivity contribution >= 4 is 11.6 Å². The lowest BCUT2D eigenvalue weighted by molar-refractivity contribution is -0.118. The monoisotopic (exact) mass is 328 g/mol. The lowest BCUT2D eigenvalue weighted by atomic mass is 9.86. The number of carbonyl (C=O) groups is 1. The van der Waals surface area contributed by atoms with Gasteiger partial charge >= 0.3 is 0 Å². The number of nitriles is 1. The lowest BCUT2D eigenvalue weighted by Crippen LogP contribution is -2.32. The number of anilines is 1. The van der Waals surface area contributed by atoms with Crippen LogP contribution in [0.5, 0.6) is 5.75 Å². The van der Waals surface area contributed by atoms with Gasteiger partial charge in [0.15, 0.2) is 0 Å². The molecule has 0 aromatic heterocycles. The third kappa shape index (κ3) is 5.56. The fourth-order valence-corrected chi connectivity index (χ4v) is 3.39. The van der Waals surface area contributed by atoms with Crippen LogP contribution in [-0.2, 0) is 4.79 Å². The molecule has 1 aromatic carbocycles. The van der Waals surface area contributed by atoms with Gasteiger partial charge in [-0.3, -0.25) is 4.79 Å². The summed E-state index contributed by atoms with van der Waals surface area (Å²) in [6.07, 6.45) is 8.35. The summed E-state index contributed by atoms with van der Waals surface area (Å²) in [5.74, 6) is 1.62. The van der Waals surface area contributed by atoms with E-state index in [4.69, 9.17) is 10.00 Å². The molecular formula is C20H28N2O2. The molecule has 0 bridgehead atoms. The van der Waals surface area contributed by atoms with Crippen LogP contribution >= 0.6 is 0 Å². The molecule has 24 heavy (non-hydrogen) atoms. The normalized spacial score (nSPS) is 14.8. The first-order chi connectivity index (χ1) is 11.7. The summed E-state index contributed by atoms with van der Waals surface area (Å²) in [6, 6.07) is 9.71. The van der Waals surface area contributed by atoms with E-state index in [1.165, 1.54) is 32.1 Å². The summed E-state index contributed by atoms with van der Waals surface area (Å²) in [5.41, 5.74) is 0.849. The van der Waals surface area contributed by atoms with Crippen molar-refractivity contribution < 1.29 is 9.53 Å². The van der Waals surface area contributed by atoms with Crippen LogP contribution in [0, 0.1) is 17.2 Å². The van der Waals surface area contributed by atoms with Crippen LogP contribution < -0.4 is 9.64 Å². The predicted molar refractivity (Wildman–Crippen MR) is 96.0 cm³/mol. The van der Waals surface area contributed by atoms with Crippen molar-refractivity contribution in [3.05, 3.63) is 24.3 Å². The van der Waals surface area contributed by atoms with E-state index in [9.17, 15) is 4.79 Å². The largest absolute Gasteiger partial charge is 0.494 e. The Bertz CT molecular complexity index is 542. The predicted octanol–water partition coefficient (Wildman–Crippen LogP) is 4.69. The highest BCUT2D eigenvalue weighted by Gasteiger charge is 2.19. The molecule has 1 aromatic rings. The van der Waals surface area contributed by atoms with Gasteiger partial charge in [-0.1, -0.05) is 32.1 Å². The summed E-state index contributed by atoms with van der Waals surface area (Å²) in [6.45, 7) is 3.02. The van der Waals surface area contributed by atoms with Gasteiger partial charge in [0.1, 0.15) is 5.75 Å². The number of nitrogens with zero attached hydrogens (tertiary/aromatic N) is 2. The van der Waals surface area contributed by atoms with Crippen molar-refractivity contribution in [2.24, 2.45) is 5.92 Å². The minimum atomic E-state index is 0.125. The van der Waals surface area contributed by atoms with Crippen LogP contribution in [0.2, 0.25) is 0 Å². The Morgan fingerprint density at radius 1 is 1.25 bits per heavy atom. The van der Waals surface area contributed by atoms with Crippen molar-refractivity contribution in [2.45, 2.75) is 58.3 Å². The molecule has 0 atom stereocenters. The van der Waals surface area contributed by atoms with Gasteiger partial charge in [-0.25, -0.2) is 0 Å². The van der Waals surface area contributed by atoms with E-state index < -0.39 is 0 Å². The van der Waals surface area contributed by atoms with Gasteiger partial charge in [-0.2, -0.15) is 5.26 Å². The van der Waals surface area contributed by atoms with Gasteiger partial charge in [-0.15, -0.1) is 0 Å². The van der Waals surface area contributed by atoms with E-state index in [2.05, 4.69) is 6.07 Å². The first kappa shape index (κ1) is 18.3. The minimum absolute atomic E-state index is 0.125. The summed E-state index contributed by atoms with van der Waals surface area (Å²) in [4.78, 5) is 14.4. The van der Waals surface area contributed by atoms with Crippen LogP contribution in [0.15, 0.2) is 24.3 Å². The second kappa shape index (κ2) is 9.97. The van der Waals surface area contributed by atoms with Gasteiger partial charge in [-0.05, 0) is 43.5 Å². The Labute approximate surface area is 145 Å². The smallest absolute Gasteiger partial charge is 0.227 e. The Morgan fingerprint density at radius 3 is 2.58 bits per heavy atom. The number of benzene rings is 1. The molecule has 0 N–H and O–H groups in total. The van der Waals surface area contributed by atoms with Crippen LogP contribution in [-0.4, -0.2) is 19.1 Å². The number of hydrogen-bond donors (Lipinski definition) is 0. The molecule has 0 aliphatic heterocycles. The molecule has 4 nitrogen and oxygen atoms in total. The summed E-state index contributed by atoms with van der Waals surface area (Å²) >= 11 is 0. The highest BCUT2D eigenvalue weighted by atomic mass is 16.5. The molecule has 2 rings (SSSR count). The molecule has 4 heteroatoms. The zero-order valence-corrected chi connectivity index (χ0v) is 14.7. The van der Waals surface area contributed by atoms with Crippen molar-refractivity contribution in [3.63, 3.8) is 0 Å². The SMILES string of the molecule is CCOc1ccc(N(CCC#N)C(=O)CCC2CCCCC2)cc1. The van der Waals surface area contributed by atoms with Gasteiger partial charge in [0.05, 0.1) is 19.1 Å². The third-order valence-electron chi connectivity index (χ3n) is 4.70. The van der Waals surface area contributed by atoms with E-state index >= 15 is 0 Å². The van der Waals surface area contributed by atoms with E-state index in [0.717, 1.165) is 17.9 Å². The van der Waals surface area contributed by atoms with Crippen LogP contribution in [0.1, 0.15) is 58.3 Å². The summed E-state index contributed by atoms with van der Waals surface area (Å²) in [5, 5.41) is 8.88. The van der Waals surface area contributed by atoms with Crippen LogP contribution in [0.3, 0.4) is 0 Å². The maximum absolute atomic E-state index is 12.7. The average Bonchev–Trinajstić information content (AvgIpc) is 2.62. The second-order valence-electron chi connectivity index (χ2n) is 6.42. The fourth-order valence-electron chi connectivity index (χ4n) is 3.39. The third-order valence-corrected chi connectivity index (χ3v) is 4.70. The van der Waals surface area contributed by atoms with Crippen molar-refractivity contribution in [1.82, 2.24) is 0 Å². The van der Waals surface area contributed by atoms with E-state index in [-0.39, 0.29) is 5.91 Å². The number of ether oxygens (including phenoxy) is 1. The van der Waals surface area contributed by atoms with Crippen LogP contribution in [0.25, 0.3) is 0 Å². The standard InChI is InChI=1S/C20H28N2O2/c1-2-24-19-12-10-18(11-13-19)22(16-6-15-21)20(23)14-9-17-7-4-3-5-8-17/h10-13,17H,2-9,14,16H2,1H3. The van der Waals surface area contributed by atoms with Gasteiger partial charge in [0, 0.05) is 18.7 Å². The Kier molecular flexibility index (Phi) is 7.61. The summed E-state index contributed by atoms with van der Waals surface area (Å²) in [7, 11) is 0. The topological polar surface area (TPSA) is 53.3 Å².